The minimum Gasteiger partial charge on any atom is -0.398 e. The van der Waals surface area contributed by atoms with Crippen LogP contribution in [0.1, 0.15) is 31.7 Å². The predicted molar refractivity (Wildman–Crippen MR) is 88.6 cm³/mol. The van der Waals surface area contributed by atoms with Crippen LogP contribution in [0.4, 0.5) is 5.69 Å². The molecule has 0 saturated heterocycles. The molecule has 21 heavy (non-hydrogen) atoms. The number of aliphatic hydroxyl groups is 1. The van der Waals surface area contributed by atoms with E-state index in [0.29, 0.717) is 28.7 Å². The third-order valence-electron chi connectivity index (χ3n) is 3.45. The van der Waals surface area contributed by atoms with Crippen molar-refractivity contribution in [3.05, 3.63) is 22.2 Å². The number of halogens is 1. The molecule has 1 rings (SSSR count). The summed E-state index contributed by atoms with van der Waals surface area (Å²) in [4.78, 5) is 0.189. The first-order valence-electron chi connectivity index (χ1n) is 6.98. The first-order chi connectivity index (χ1) is 9.81. The molecule has 1 aromatic rings. The van der Waals surface area contributed by atoms with Crippen LogP contribution in [0.2, 0.25) is 0 Å². The second-order valence-corrected chi connectivity index (χ2v) is 7.79. The number of anilines is 1. The van der Waals surface area contributed by atoms with Crippen molar-refractivity contribution in [1.82, 2.24) is 4.72 Å². The van der Waals surface area contributed by atoms with E-state index >= 15 is 0 Å². The minimum atomic E-state index is -3.61. The lowest BCUT2D eigenvalue weighted by Crippen LogP contribution is -2.30. The standard InChI is InChI=1S/C14H23BrN2O3S/c1-3-4-11(5-6-18)9-17-21(19,20)14-8-12(15)7-13(16)10(14)2/h7-8,11,17-18H,3-6,9,16H2,1-2H3. The molecule has 0 aliphatic heterocycles. The maximum atomic E-state index is 12.4. The summed E-state index contributed by atoms with van der Waals surface area (Å²) < 4.78 is 28.1. The van der Waals surface area contributed by atoms with Crippen molar-refractivity contribution in [2.45, 2.75) is 38.0 Å². The molecule has 0 aliphatic rings. The van der Waals surface area contributed by atoms with E-state index in [1.165, 1.54) is 0 Å². The lowest BCUT2D eigenvalue weighted by molar-refractivity contribution is 0.251. The molecule has 0 spiro atoms. The molecule has 5 nitrogen and oxygen atoms in total. The van der Waals surface area contributed by atoms with E-state index in [1.807, 2.05) is 6.92 Å². The van der Waals surface area contributed by atoms with Gasteiger partial charge in [0.15, 0.2) is 0 Å². The smallest absolute Gasteiger partial charge is 0.240 e. The molecule has 4 N–H and O–H groups in total. The van der Waals surface area contributed by atoms with Gasteiger partial charge in [0.1, 0.15) is 0 Å². The zero-order chi connectivity index (χ0) is 16.0. The average Bonchev–Trinajstić information content (AvgIpc) is 2.40. The average molecular weight is 379 g/mol. The number of nitrogen functional groups attached to an aromatic ring is 1. The van der Waals surface area contributed by atoms with Gasteiger partial charge in [-0.05, 0) is 43.4 Å². The van der Waals surface area contributed by atoms with E-state index in [9.17, 15) is 8.42 Å². The van der Waals surface area contributed by atoms with Gasteiger partial charge in [-0.3, -0.25) is 0 Å². The normalized spacial score (nSPS) is 13.3. The van der Waals surface area contributed by atoms with Crippen molar-refractivity contribution >= 4 is 31.6 Å². The van der Waals surface area contributed by atoms with Crippen molar-refractivity contribution in [3.8, 4) is 0 Å². The molecule has 0 amide bonds. The number of nitrogens with two attached hydrogens (primary N) is 1. The number of rotatable bonds is 8. The molecule has 7 heteroatoms. The van der Waals surface area contributed by atoms with Gasteiger partial charge in [-0.25, -0.2) is 13.1 Å². The highest BCUT2D eigenvalue weighted by Gasteiger charge is 2.20. The lowest BCUT2D eigenvalue weighted by atomic mass is 10.0. The quantitative estimate of drug-likeness (QED) is 0.605. The van der Waals surface area contributed by atoms with Gasteiger partial charge in [-0.15, -0.1) is 0 Å². The molecule has 0 heterocycles. The Morgan fingerprint density at radius 1 is 1.38 bits per heavy atom. The third kappa shape index (κ3) is 5.25. The molecule has 1 aromatic carbocycles. The van der Waals surface area contributed by atoms with E-state index in [0.717, 1.165) is 12.8 Å². The fourth-order valence-electron chi connectivity index (χ4n) is 2.20. The van der Waals surface area contributed by atoms with Crippen LogP contribution in [0, 0.1) is 12.8 Å². The number of aliphatic hydroxyl groups excluding tert-OH is 1. The van der Waals surface area contributed by atoms with E-state index in [-0.39, 0.29) is 17.4 Å². The van der Waals surface area contributed by atoms with Gasteiger partial charge in [0.05, 0.1) is 4.90 Å². The van der Waals surface area contributed by atoms with Crippen LogP contribution in [0.25, 0.3) is 0 Å². The third-order valence-corrected chi connectivity index (χ3v) is 5.46. The van der Waals surface area contributed by atoms with Gasteiger partial charge in [0.2, 0.25) is 10.0 Å². The Kier molecular flexibility index (Phi) is 7.12. The highest BCUT2D eigenvalue weighted by molar-refractivity contribution is 9.10. The lowest BCUT2D eigenvalue weighted by Gasteiger charge is -2.17. The molecule has 1 atom stereocenters. The summed E-state index contributed by atoms with van der Waals surface area (Å²) in [6, 6.07) is 3.23. The van der Waals surface area contributed by atoms with Crippen molar-refractivity contribution in [2.24, 2.45) is 5.92 Å². The van der Waals surface area contributed by atoms with Crippen LogP contribution in [-0.4, -0.2) is 26.7 Å². The Labute approximate surface area is 135 Å². The zero-order valence-corrected chi connectivity index (χ0v) is 14.8. The Morgan fingerprint density at radius 3 is 2.62 bits per heavy atom. The van der Waals surface area contributed by atoms with E-state index in [1.54, 1.807) is 19.1 Å². The Hall–Kier alpha value is -0.630. The molecule has 0 aromatic heterocycles. The second kappa shape index (κ2) is 8.12. The molecule has 0 bridgehead atoms. The van der Waals surface area contributed by atoms with E-state index < -0.39 is 10.0 Å². The van der Waals surface area contributed by atoms with Crippen molar-refractivity contribution in [1.29, 1.82) is 0 Å². The van der Waals surface area contributed by atoms with Gasteiger partial charge in [-0.1, -0.05) is 29.3 Å². The van der Waals surface area contributed by atoms with E-state index in [2.05, 4.69) is 20.7 Å². The number of hydrogen-bond acceptors (Lipinski definition) is 4. The van der Waals surface area contributed by atoms with Crippen molar-refractivity contribution in [3.63, 3.8) is 0 Å². The molecule has 1 unspecified atom stereocenters. The summed E-state index contributed by atoms with van der Waals surface area (Å²) in [5, 5.41) is 9.03. The Bertz CT molecular complexity index is 570. The van der Waals surface area contributed by atoms with Crippen LogP contribution in [0.3, 0.4) is 0 Å². The Balaban J connectivity index is 2.91. The number of hydrogen-bond donors (Lipinski definition) is 3. The van der Waals surface area contributed by atoms with Crippen molar-refractivity contribution in [2.75, 3.05) is 18.9 Å². The molecule has 0 aliphatic carbocycles. The van der Waals surface area contributed by atoms with Gasteiger partial charge in [0, 0.05) is 23.3 Å². The van der Waals surface area contributed by atoms with Crippen LogP contribution >= 0.6 is 15.9 Å². The monoisotopic (exact) mass is 378 g/mol. The first-order valence-corrected chi connectivity index (χ1v) is 9.25. The predicted octanol–water partition coefficient (Wildman–Crippen LogP) is 2.42. The van der Waals surface area contributed by atoms with Crippen LogP contribution < -0.4 is 10.5 Å². The fourth-order valence-corrected chi connectivity index (χ4v) is 4.24. The number of nitrogens with one attached hydrogen (secondary N) is 1. The van der Waals surface area contributed by atoms with Crippen LogP contribution in [0.5, 0.6) is 0 Å². The van der Waals surface area contributed by atoms with Gasteiger partial charge in [0.25, 0.3) is 0 Å². The molecule has 0 saturated carbocycles. The highest BCUT2D eigenvalue weighted by atomic mass is 79.9. The maximum Gasteiger partial charge on any atom is 0.240 e. The molecule has 0 radical (unpaired) electrons. The summed E-state index contributed by atoms with van der Waals surface area (Å²) in [5.41, 5.74) is 6.79. The minimum absolute atomic E-state index is 0.0647. The van der Waals surface area contributed by atoms with Crippen LogP contribution in [-0.2, 0) is 10.0 Å². The molecule has 120 valence electrons. The van der Waals surface area contributed by atoms with Gasteiger partial charge in [-0.2, -0.15) is 0 Å². The topological polar surface area (TPSA) is 92.4 Å². The van der Waals surface area contributed by atoms with E-state index in [4.69, 9.17) is 10.8 Å². The Morgan fingerprint density at radius 2 is 2.05 bits per heavy atom. The van der Waals surface area contributed by atoms with Gasteiger partial charge < -0.3 is 10.8 Å². The number of benzene rings is 1. The highest BCUT2D eigenvalue weighted by Crippen LogP contribution is 2.26. The number of sulfonamides is 1. The summed E-state index contributed by atoms with van der Waals surface area (Å²) in [7, 11) is -3.61. The summed E-state index contributed by atoms with van der Waals surface area (Å²) >= 11 is 3.26. The molecule has 0 fully saturated rings. The fraction of sp³-hybridized carbons (Fsp3) is 0.571. The van der Waals surface area contributed by atoms with Gasteiger partial charge >= 0.3 is 0 Å². The summed E-state index contributed by atoms with van der Waals surface area (Å²) in [6.07, 6.45) is 2.42. The zero-order valence-electron chi connectivity index (χ0n) is 12.4. The molecular weight excluding hydrogens is 356 g/mol. The summed E-state index contributed by atoms with van der Waals surface area (Å²) in [6.45, 7) is 4.11. The van der Waals surface area contributed by atoms with Crippen molar-refractivity contribution < 1.29 is 13.5 Å². The second-order valence-electron chi connectivity index (χ2n) is 5.14. The maximum absolute atomic E-state index is 12.4. The first kappa shape index (κ1) is 18.4. The molecular formula is C14H23BrN2O3S. The van der Waals surface area contributed by atoms with Crippen LogP contribution in [0.15, 0.2) is 21.5 Å². The SMILES string of the molecule is CCCC(CCO)CNS(=O)(=O)c1cc(Br)cc(N)c1C. The summed E-state index contributed by atoms with van der Waals surface area (Å²) in [5.74, 6) is 0.139. The largest absolute Gasteiger partial charge is 0.398 e.